The first-order valence-electron chi connectivity index (χ1n) is 5.81. The van der Waals surface area contributed by atoms with Crippen molar-refractivity contribution >= 4 is 44.5 Å². The van der Waals surface area contributed by atoms with Gasteiger partial charge in [-0.25, -0.2) is 4.79 Å². The lowest BCUT2D eigenvalue weighted by Crippen LogP contribution is -2.49. The highest BCUT2D eigenvalue weighted by atomic mass is 79.9. The molecule has 1 aromatic heterocycles. The number of hydrogen-bond donors (Lipinski definition) is 1. The number of imide groups is 1. The van der Waals surface area contributed by atoms with Crippen LogP contribution in [0.4, 0.5) is 10.5 Å². The molecule has 1 saturated heterocycles. The smallest absolute Gasteiger partial charge is 0.294 e. The fourth-order valence-electron chi connectivity index (χ4n) is 2.10. The summed E-state index contributed by atoms with van der Waals surface area (Å²) in [6.07, 6.45) is 2.04. The second-order valence-electron chi connectivity index (χ2n) is 4.26. The van der Waals surface area contributed by atoms with Crippen molar-refractivity contribution in [3.05, 3.63) is 34.9 Å². The summed E-state index contributed by atoms with van der Waals surface area (Å²) in [5.41, 5.74) is 1.59. The quantitative estimate of drug-likeness (QED) is 0.878. The molecule has 1 N–H and O–H groups in total. The van der Waals surface area contributed by atoms with Gasteiger partial charge in [0.05, 0.1) is 5.52 Å². The van der Waals surface area contributed by atoms with E-state index < -0.39 is 0 Å². The van der Waals surface area contributed by atoms with E-state index in [1.807, 2.05) is 24.3 Å². The Morgan fingerprint density at radius 2 is 2.16 bits per heavy atom. The van der Waals surface area contributed by atoms with E-state index in [2.05, 4.69) is 26.2 Å². The van der Waals surface area contributed by atoms with Gasteiger partial charge in [-0.15, -0.1) is 0 Å². The number of anilines is 1. The van der Waals surface area contributed by atoms with E-state index in [0.29, 0.717) is 13.0 Å². The average Bonchev–Trinajstić information content (AvgIpc) is 2.38. The minimum absolute atomic E-state index is 0.234. The number of urea groups is 1. The van der Waals surface area contributed by atoms with Gasteiger partial charge in [-0.05, 0) is 34.1 Å². The van der Waals surface area contributed by atoms with Crippen LogP contribution in [0, 0.1) is 0 Å². The molecule has 1 aromatic carbocycles. The van der Waals surface area contributed by atoms with Gasteiger partial charge >= 0.3 is 6.03 Å². The van der Waals surface area contributed by atoms with Crippen LogP contribution >= 0.6 is 15.9 Å². The summed E-state index contributed by atoms with van der Waals surface area (Å²) in [5, 5.41) is 3.25. The van der Waals surface area contributed by atoms with Gasteiger partial charge in [0.1, 0.15) is 0 Å². The van der Waals surface area contributed by atoms with Crippen LogP contribution in [0.3, 0.4) is 0 Å². The number of amides is 3. The largest absolute Gasteiger partial charge is 0.328 e. The number of hydrogen-bond acceptors (Lipinski definition) is 3. The molecule has 0 saturated carbocycles. The highest BCUT2D eigenvalue weighted by Gasteiger charge is 2.24. The Kier molecular flexibility index (Phi) is 2.94. The third-order valence-corrected chi connectivity index (χ3v) is 3.61. The van der Waals surface area contributed by atoms with Gasteiger partial charge in [0, 0.05) is 34.7 Å². The highest BCUT2D eigenvalue weighted by molar-refractivity contribution is 9.10. The standard InChI is InChI=1S/C13H10BrN3O2/c14-10-7-9(6-8-2-1-4-15-12(8)10)17-5-3-11(18)16-13(17)19/h1-2,4,6-7H,3,5H2,(H,16,18,19). The topological polar surface area (TPSA) is 62.3 Å². The highest BCUT2D eigenvalue weighted by Crippen LogP contribution is 2.29. The van der Waals surface area contributed by atoms with Crippen molar-refractivity contribution in [3.63, 3.8) is 0 Å². The minimum Gasteiger partial charge on any atom is -0.294 e. The van der Waals surface area contributed by atoms with Gasteiger partial charge in [-0.3, -0.25) is 20.0 Å². The molecule has 0 bridgehead atoms. The normalized spacial score (nSPS) is 15.7. The van der Waals surface area contributed by atoms with E-state index >= 15 is 0 Å². The van der Waals surface area contributed by atoms with E-state index in [1.165, 1.54) is 0 Å². The minimum atomic E-state index is -0.383. The Labute approximate surface area is 117 Å². The molecule has 0 radical (unpaired) electrons. The lowest BCUT2D eigenvalue weighted by molar-refractivity contribution is -0.120. The molecule has 2 heterocycles. The van der Waals surface area contributed by atoms with Crippen molar-refractivity contribution in [1.29, 1.82) is 0 Å². The monoisotopic (exact) mass is 319 g/mol. The maximum absolute atomic E-state index is 11.8. The molecule has 96 valence electrons. The van der Waals surface area contributed by atoms with Crippen LogP contribution < -0.4 is 10.2 Å². The Bertz CT molecular complexity index is 687. The molecule has 1 fully saturated rings. The molecule has 1 aliphatic rings. The Morgan fingerprint density at radius 3 is 2.95 bits per heavy atom. The van der Waals surface area contributed by atoms with Crippen LogP contribution in [0.2, 0.25) is 0 Å². The van der Waals surface area contributed by atoms with Crippen molar-refractivity contribution in [2.45, 2.75) is 6.42 Å². The molecule has 3 rings (SSSR count). The van der Waals surface area contributed by atoms with E-state index in [-0.39, 0.29) is 11.9 Å². The van der Waals surface area contributed by atoms with Crippen molar-refractivity contribution < 1.29 is 9.59 Å². The number of carbonyl (C=O) groups excluding carboxylic acids is 2. The van der Waals surface area contributed by atoms with Gasteiger partial charge < -0.3 is 0 Å². The summed E-state index contributed by atoms with van der Waals surface area (Å²) in [5.74, 6) is -0.234. The summed E-state index contributed by atoms with van der Waals surface area (Å²) >= 11 is 3.46. The van der Waals surface area contributed by atoms with Gasteiger partial charge in [0.15, 0.2) is 0 Å². The first-order chi connectivity index (χ1) is 9.15. The molecule has 0 unspecified atom stereocenters. The van der Waals surface area contributed by atoms with Crippen LogP contribution in [0.5, 0.6) is 0 Å². The fourth-order valence-corrected chi connectivity index (χ4v) is 2.67. The number of rotatable bonds is 1. The molecule has 19 heavy (non-hydrogen) atoms. The molecule has 6 heteroatoms. The van der Waals surface area contributed by atoms with Crippen LogP contribution in [0.25, 0.3) is 10.9 Å². The van der Waals surface area contributed by atoms with E-state index in [4.69, 9.17) is 0 Å². The molecule has 2 aromatic rings. The van der Waals surface area contributed by atoms with Crippen LogP contribution in [0.1, 0.15) is 6.42 Å². The lowest BCUT2D eigenvalue weighted by atomic mass is 10.1. The maximum Gasteiger partial charge on any atom is 0.328 e. The molecule has 3 amide bonds. The van der Waals surface area contributed by atoms with Crippen LogP contribution in [-0.4, -0.2) is 23.5 Å². The van der Waals surface area contributed by atoms with Crippen molar-refractivity contribution in [3.8, 4) is 0 Å². The Balaban J connectivity index is 2.06. The van der Waals surface area contributed by atoms with Gasteiger partial charge in [0.25, 0.3) is 0 Å². The zero-order valence-corrected chi connectivity index (χ0v) is 11.5. The second kappa shape index (κ2) is 4.62. The summed E-state index contributed by atoms with van der Waals surface area (Å²) < 4.78 is 0.824. The number of halogens is 1. The molecule has 0 atom stereocenters. The SMILES string of the molecule is O=C1CCN(c2cc(Br)c3ncccc3c2)C(=O)N1. The molecular formula is C13H10BrN3O2. The molecule has 0 aliphatic carbocycles. The lowest BCUT2D eigenvalue weighted by Gasteiger charge is -2.26. The first kappa shape index (κ1) is 12.1. The number of pyridine rings is 1. The number of nitrogens with one attached hydrogen (secondary N) is 1. The number of aromatic nitrogens is 1. The number of nitrogens with zero attached hydrogens (tertiary/aromatic N) is 2. The number of benzene rings is 1. The maximum atomic E-state index is 11.8. The fraction of sp³-hybridized carbons (Fsp3) is 0.154. The summed E-state index contributed by atoms with van der Waals surface area (Å²) in [7, 11) is 0. The van der Waals surface area contributed by atoms with Crippen molar-refractivity contribution in [1.82, 2.24) is 10.3 Å². The average molecular weight is 320 g/mol. The summed E-state index contributed by atoms with van der Waals surface area (Å²) in [4.78, 5) is 28.8. The van der Waals surface area contributed by atoms with Crippen molar-refractivity contribution in [2.75, 3.05) is 11.4 Å². The van der Waals surface area contributed by atoms with Crippen molar-refractivity contribution in [2.24, 2.45) is 0 Å². The van der Waals surface area contributed by atoms with Crippen LogP contribution in [-0.2, 0) is 4.79 Å². The second-order valence-corrected chi connectivity index (χ2v) is 5.11. The van der Waals surface area contributed by atoms with Crippen LogP contribution in [0.15, 0.2) is 34.9 Å². The van der Waals surface area contributed by atoms with E-state index in [9.17, 15) is 9.59 Å². The molecule has 0 spiro atoms. The first-order valence-corrected chi connectivity index (χ1v) is 6.60. The zero-order chi connectivity index (χ0) is 13.4. The summed E-state index contributed by atoms with van der Waals surface area (Å²) in [6.45, 7) is 0.392. The van der Waals surface area contributed by atoms with Gasteiger partial charge in [-0.2, -0.15) is 0 Å². The van der Waals surface area contributed by atoms with Gasteiger partial charge in [0.2, 0.25) is 5.91 Å². The zero-order valence-electron chi connectivity index (χ0n) is 9.89. The third-order valence-electron chi connectivity index (χ3n) is 3.01. The van der Waals surface area contributed by atoms with E-state index in [0.717, 1.165) is 21.1 Å². The predicted molar refractivity (Wildman–Crippen MR) is 74.9 cm³/mol. The Morgan fingerprint density at radius 1 is 1.32 bits per heavy atom. The molecule has 1 aliphatic heterocycles. The third kappa shape index (κ3) is 2.19. The molecular weight excluding hydrogens is 310 g/mol. The number of fused-ring (bicyclic) bond motifs is 1. The molecule has 5 nitrogen and oxygen atoms in total. The number of carbonyl (C=O) groups is 2. The predicted octanol–water partition coefficient (Wildman–Crippen LogP) is 2.44. The summed E-state index contributed by atoms with van der Waals surface area (Å²) in [6, 6.07) is 7.13. The Hall–Kier alpha value is -1.95. The van der Waals surface area contributed by atoms with Gasteiger partial charge in [-0.1, -0.05) is 6.07 Å². The van der Waals surface area contributed by atoms with E-state index in [1.54, 1.807) is 11.1 Å².